The number of nitrogens with zero attached hydrogens (tertiary/aromatic N) is 2. The summed E-state index contributed by atoms with van der Waals surface area (Å²) < 4.78 is 10.1. The summed E-state index contributed by atoms with van der Waals surface area (Å²) in [6.45, 7) is 9.81. The van der Waals surface area contributed by atoms with E-state index >= 15 is 0 Å². The van der Waals surface area contributed by atoms with Crippen molar-refractivity contribution in [1.82, 2.24) is 9.80 Å². The lowest BCUT2D eigenvalue weighted by Crippen LogP contribution is -2.39. The Morgan fingerprint density at radius 3 is 2.50 bits per heavy atom. The number of terminal acetylenes is 1. The van der Waals surface area contributed by atoms with Crippen molar-refractivity contribution in [3.63, 3.8) is 0 Å². The van der Waals surface area contributed by atoms with Gasteiger partial charge in [-0.25, -0.2) is 9.59 Å². The van der Waals surface area contributed by atoms with E-state index in [-0.39, 0.29) is 6.54 Å². The van der Waals surface area contributed by atoms with Crippen LogP contribution < -0.4 is 0 Å². The highest BCUT2D eigenvalue weighted by Gasteiger charge is 2.28. The zero-order valence-electron chi connectivity index (χ0n) is 13.3. The van der Waals surface area contributed by atoms with Gasteiger partial charge in [0.15, 0.2) is 0 Å². The van der Waals surface area contributed by atoms with Crippen LogP contribution in [-0.2, 0) is 9.47 Å². The van der Waals surface area contributed by atoms with Crippen molar-refractivity contribution in [2.45, 2.75) is 32.8 Å². The fourth-order valence-corrected chi connectivity index (χ4v) is 1.96. The Hall–Kier alpha value is -2.42. The highest BCUT2D eigenvalue weighted by atomic mass is 16.6. The first-order chi connectivity index (χ1) is 10.3. The molecule has 1 heterocycles. The molecule has 1 saturated heterocycles. The molecule has 0 aromatic heterocycles. The van der Waals surface area contributed by atoms with Crippen molar-refractivity contribution >= 4 is 12.2 Å². The van der Waals surface area contributed by atoms with Crippen LogP contribution in [0.15, 0.2) is 24.6 Å². The monoisotopic (exact) mass is 306 g/mol. The van der Waals surface area contributed by atoms with Crippen LogP contribution in [0.4, 0.5) is 9.59 Å². The SMILES string of the molecule is C#C/C=C1/CCN(C(=O)OC(C)(C)C)CCN1C(=O)OC=C. The van der Waals surface area contributed by atoms with Crippen molar-refractivity contribution < 1.29 is 19.1 Å². The van der Waals surface area contributed by atoms with E-state index in [1.165, 1.54) is 11.0 Å². The summed E-state index contributed by atoms with van der Waals surface area (Å²) in [5, 5.41) is 0. The Morgan fingerprint density at radius 2 is 1.95 bits per heavy atom. The van der Waals surface area contributed by atoms with Crippen molar-refractivity contribution in [3.05, 3.63) is 24.6 Å². The molecule has 0 aromatic rings. The molecule has 1 fully saturated rings. The van der Waals surface area contributed by atoms with Gasteiger partial charge in [0.1, 0.15) is 5.60 Å². The predicted molar refractivity (Wildman–Crippen MR) is 82.7 cm³/mol. The fourth-order valence-electron chi connectivity index (χ4n) is 1.96. The molecule has 0 spiro atoms. The number of allylic oxidation sites excluding steroid dienone is 1. The zero-order chi connectivity index (χ0) is 16.8. The third-order valence-electron chi connectivity index (χ3n) is 2.88. The van der Waals surface area contributed by atoms with Gasteiger partial charge in [0.2, 0.25) is 0 Å². The van der Waals surface area contributed by atoms with Gasteiger partial charge in [-0.1, -0.05) is 12.5 Å². The highest BCUT2D eigenvalue weighted by molar-refractivity contribution is 5.72. The van der Waals surface area contributed by atoms with Gasteiger partial charge in [0.25, 0.3) is 0 Å². The molecule has 0 unspecified atom stereocenters. The van der Waals surface area contributed by atoms with E-state index in [2.05, 4.69) is 12.5 Å². The van der Waals surface area contributed by atoms with E-state index in [0.29, 0.717) is 25.2 Å². The summed E-state index contributed by atoms with van der Waals surface area (Å²) in [6.07, 6.45) is 7.32. The van der Waals surface area contributed by atoms with Crippen molar-refractivity contribution in [3.8, 4) is 12.3 Å². The number of hydrogen-bond acceptors (Lipinski definition) is 4. The summed E-state index contributed by atoms with van der Waals surface area (Å²) in [6, 6.07) is 0. The molecule has 6 heteroatoms. The molecular weight excluding hydrogens is 284 g/mol. The van der Waals surface area contributed by atoms with Crippen LogP contribution >= 0.6 is 0 Å². The lowest BCUT2D eigenvalue weighted by atomic mass is 10.2. The maximum Gasteiger partial charge on any atom is 0.418 e. The summed E-state index contributed by atoms with van der Waals surface area (Å²) in [5.41, 5.74) is 0.0582. The van der Waals surface area contributed by atoms with Gasteiger partial charge in [0.05, 0.1) is 6.26 Å². The number of amides is 2. The first kappa shape index (κ1) is 17.6. The molecule has 0 aliphatic carbocycles. The molecule has 120 valence electrons. The Balaban J connectivity index is 2.85. The molecule has 0 radical (unpaired) electrons. The molecular formula is C16H22N2O4. The Morgan fingerprint density at radius 1 is 1.27 bits per heavy atom. The van der Waals surface area contributed by atoms with Crippen LogP contribution in [0.1, 0.15) is 27.2 Å². The molecule has 1 rings (SSSR count). The van der Waals surface area contributed by atoms with Crippen molar-refractivity contribution in [2.75, 3.05) is 19.6 Å². The fraction of sp³-hybridized carbons (Fsp3) is 0.500. The highest BCUT2D eigenvalue weighted by Crippen LogP contribution is 2.18. The van der Waals surface area contributed by atoms with Crippen LogP contribution in [0, 0.1) is 12.3 Å². The zero-order valence-corrected chi connectivity index (χ0v) is 13.3. The molecule has 0 aromatic carbocycles. The quantitative estimate of drug-likeness (QED) is 0.552. The van der Waals surface area contributed by atoms with Crippen LogP contribution in [0.5, 0.6) is 0 Å². The number of carbonyl (C=O) groups excluding carboxylic acids is 2. The lowest BCUT2D eigenvalue weighted by Gasteiger charge is -2.26. The first-order valence-corrected chi connectivity index (χ1v) is 7.00. The van der Waals surface area contributed by atoms with E-state index in [9.17, 15) is 9.59 Å². The minimum atomic E-state index is -0.567. The van der Waals surface area contributed by atoms with E-state index in [1.54, 1.807) is 25.7 Å². The first-order valence-electron chi connectivity index (χ1n) is 7.00. The molecule has 0 atom stereocenters. The van der Waals surface area contributed by atoms with Crippen molar-refractivity contribution in [2.24, 2.45) is 0 Å². The Kier molecular flexibility index (Phi) is 6.05. The van der Waals surface area contributed by atoms with Crippen LogP contribution in [0.3, 0.4) is 0 Å². The van der Waals surface area contributed by atoms with Gasteiger partial charge < -0.3 is 14.4 Å². The largest absolute Gasteiger partial charge is 0.444 e. The standard InChI is InChI=1S/C16H22N2O4/c1-6-8-13-9-10-17(14(19)22-16(3,4)5)11-12-18(13)15(20)21-7-2/h1,7-8H,2,9-12H2,3-5H3/b13-8-. The van der Waals surface area contributed by atoms with Gasteiger partial charge in [-0.05, 0) is 20.8 Å². The van der Waals surface area contributed by atoms with Crippen LogP contribution in [0.25, 0.3) is 0 Å². The normalized spacial score (nSPS) is 17.5. The second-order valence-corrected chi connectivity index (χ2v) is 5.72. The molecule has 0 N–H and O–H groups in total. The molecule has 22 heavy (non-hydrogen) atoms. The maximum atomic E-state index is 12.1. The van der Waals surface area contributed by atoms with E-state index in [1.807, 2.05) is 0 Å². The van der Waals surface area contributed by atoms with Gasteiger partial charge >= 0.3 is 12.2 Å². The minimum absolute atomic E-state index is 0.277. The Labute approximate surface area is 131 Å². The second-order valence-electron chi connectivity index (χ2n) is 5.72. The smallest absolute Gasteiger partial charge is 0.418 e. The summed E-state index contributed by atoms with van der Waals surface area (Å²) in [7, 11) is 0. The van der Waals surface area contributed by atoms with Gasteiger partial charge in [-0.3, -0.25) is 4.90 Å². The topological polar surface area (TPSA) is 59.1 Å². The number of hydrogen-bond donors (Lipinski definition) is 0. The Bertz CT molecular complexity index is 511. The molecule has 1 aliphatic heterocycles. The molecule has 0 bridgehead atoms. The van der Waals surface area contributed by atoms with E-state index in [0.717, 1.165) is 6.26 Å². The average Bonchev–Trinajstić information content (AvgIpc) is 2.60. The number of carbonyl (C=O) groups is 2. The van der Waals surface area contributed by atoms with Crippen LogP contribution in [-0.4, -0.2) is 47.2 Å². The summed E-state index contributed by atoms with van der Waals surface area (Å²) in [5.74, 6) is 2.40. The molecule has 0 saturated carbocycles. The third kappa shape index (κ3) is 5.17. The summed E-state index contributed by atoms with van der Waals surface area (Å²) >= 11 is 0. The third-order valence-corrected chi connectivity index (χ3v) is 2.88. The van der Waals surface area contributed by atoms with Gasteiger partial charge in [0, 0.05) is 37.8 Å². The molecule has 6 nitrogen and oxygen atoms in total. The van der Waals surface area contributed by atoms with Gasteiger partial charge in [-0.15, -0.1) is 6.42 Å². The average molecular weight is 306 g/mol. The van der Waals surface area contributed by atoms with E-state index in [4.69, 9.17) is 15.9 Å². The number of rotatable bonds is 1. The maximum absolute atomic E-state index is 12.1. The molecule has 1 aliphatic rings. The summed E-state index contributed by atoms with van der Waals surface area (Å²) in [4.78, 5) is 27.0. The van der Waals surface area contributed by atoms with Crippen LogP contribution in [0.2, 0.25) is 0 Å². The number of ether oxygens (including phenoxy) is 2. The van der Waals surface area contributed by atoms with E-state index < -0.39 is 17.8 Å². The lowest BCUT2D eigenvalue weighted by molar-refractivity contribution is 0.0257. The minimum Gasteiger partial charge on any atom is -0.444 e. The predicted octanol–water partition coefficient (Wildman–Crippen LogP) is 2.73. The van der Waals surface area contributed by atoms with Gasteiger partial charge in [-0.2, -0.15) is 0 Å². The van der Waals surface area contributed by atoms with Crippen molar-refractivity contribution in [1.29, 1.82) is 0 Å². The second kappa shape index (κ2) is 7.55. The molecule has 2 amide bonds.